The standard InChI is InChI=1S/C15H19N3O2/c1-9-2-7-13-12(17-9)8-14(20-13)15(19)18-11-5-3-10(16)4-6-11/h2,7-8,10-11H,3-6,16H2,1H3,(H,18,19). The van der Waals surface area contributed by atoms with Gasteiger partial charge in [-0.25, -0.2) is 4.98 Å². The average molecular weight is 273 g/mol. The molecule has 0 aliphatic heterocycles. The third-order valence-corrected chi connectivity index (χ3v) is 3.84. The van der Waals surface area contributed by atoms with Gasteiger partial charge in [0, 0.05) is 23.8 Å². The second-order valence-corrected chi connectivity index (χ2v) is 5.53. The fraction of sp³-hybridized carbons (Fsp3) is 0.467. The van der Waals surface area contributed by atoms with E-state index >= 15 is 0 Å². The molecule has 2 aromatic heterocycles. The first-order valence-corrected chi connectivity index (χ1v) is 7.05. The molecule has 3 rings (SSSR count). The predicted octanol–water partition coefficient (Wildman–Crippen LogP) is 2.14. The molecule has 1 aliphatic carbocycles. The lowest BCUT2D eigenvalue weighted by Gasteiger charge is -2.26. The molecule has 0 saturated heterocycles. The van der Waals surface area contributed by atoms with Crippen LogP contribution in [0.2, 0.25) is 0 Å². The summed E-state index contributed by atoms with van der Waals surface area (Å²) >= 11 is 0. The minimum atomic E-state index is -0.166. The van der Waals surface area contributed by atoms with E-state index in [1.54, 1.807) is 6.07 Å². The summed E-state index contributed by atoms with van der Waals surface area (Å²) in [6.07, 6.45) is 3.80. The lowest BCUT2D eigenvalue weighted by atomic mass is 9.92. The van der Waals surface area contributed by atoms with Crippen LogP contribution in [0.3, 0.4) is 0 Å². The van der Waals surface area contributed by atoms with Gasteiger partial charge in [-0.3, -0.25) is 4.79 Å². The third kappa shape index (κ3) is 2.67. The Bertz CT molecular complexity index is 627. The molecular weight excluding hydrogens is 254 g/mol. The topological polar surface area (TPSA) is 81.2 Å². The zero-order valence-corrected chi connectivity index (χ0v) is 11.6. The van der Waals surface area contributed by atoms with Gasteiger partial charge in [0.15, 0.2) is 11.3 Å². The molecule has 1 aliphatic rings. The summed E-state index contributed by atoms with van der Waals surface area (Å²) < 4.78 is 5.55. The smallest absolute Gasteiger partial charge is 0.287 e. The SMILES string of the molecule is Cc1ccc2oc(C(=O)NC3CCC(N)CC3)cc2n1. The molecule has 0 aromatic carbocycles. The van der Waals surface area contributed by atoms with E-state index in [0.717, 1.165) is 36.9 Å². The van der Waals surface area contributed by atoms with E-state index in [-0.39, 0.29) is 18.0 Å². The molecule has 106 valence electrons. The van der Waals surface area contributed by atoms with Crippen LogP contribution in [0.4, 0.5) is 0 Å². The van der Waals surface area contributed by atoms with Crippen molar-refractivity contribution in [2.24, 2.45) is 5.73 Å². The van der Waals surface area contributed by atoms with Crippen molar-refractivity contribution in [2.75, 3.05) is 0 Å². The summed E-state index contributed by atoms with van der Waals surface area (Å²) in [5.74, 6) is 0.161. The average Bonchev–Trinajstić information content (AvgIpc) is 2.84. The number of aryl methyl sites for hydroxylation is 1. The van der Waals surface area contributed by atoms with Crippen molar-refractivity contribution in [3.8, 4) is 0 Å². The molecule has 2 aromatic rings. The number of nitrogens with one attached hydrogen (secondary N) is 1. The van der Waals surface area contributed by atoms with Crippen molar-refractivity contribution in [1.82, 2.24) is 10.3 Å². The van der Waals surface area contributed by atoms with Crippen molar-refractivity contribution in [2.45, 2.75) is 44.7 Å². The first-order valence-electron chi connectivity index (χ1n) is 7.05. The Balaban J connectivity index is 1.72. The molecule has 3 N–H and O–H groups in total. The maximum absolute atomic E-state index is 12.2. The Hall–Kier alpha value is -1.88. The fourth-order valence-corrected chi connectivity index (χ4v) is 2.66. The summed E-state index contributed by atoms with van der Waals surface area (Å²) in [5.41, 5.74) is 8.14. The molecule has 1 amide bonds. The van der Waals surface area contributed by atoms with Gasteiger partial charge < -0.3 is 15.5 Å². The van der Waals surface area contributed by atoms with Gasteiger partial charge in [-0.05, 0) is 44.7 Å². The van der Waals surface area contributed by atoms with Crippen LogP contribution in [0, 0.1) is 6.92 Å². The van der Waals surface area contributed by atoms with E-state index in [9.17, 15) is 4.79 Å². The highest BCUT2D eigenvalue weighted by Crippen LogP contribution is 2.20. The molecule has 5 heteroatoms. The van der Waals surface area contributed by atoms with Gasteiger partial charge in [0.25, 0.3) is 5.91 Å². The van der Waals surface area contributed by atoms with E-state index in [2.05, 4.69) is 10.3 Å². The molecule has 0 atom stereocenters. The maximum atomic E-state index is 12.2. The summed E-state index contributed by atoms with van der Waals surface area (Å²) in [7, 11) is 0. The molecule has 0 bridgehead atoms. The second kappa shape index (κ2) is 5.25. The molecule has 1 saturated carbocycles. The number of carbonyl (C=O) groups is 1. The van der Waals surface area contributed by atoms with Crippen LogP contribution in [0.5, 0.6) is 0 Å². The second-order valence-electron chi connectivity index (χ2n) is 5.53. The Morgan fingerprint density at radius 1 is 1.35 bits per heavy atom. The first-order chi connectivity index (χ1) is 9.61. The fourth-order valence-electron chi connectivity index (χ4n) is 2.66. The third-order valence-electron chi connectivity index (χ3n) is 3.84. The normalized spacial score (nSPS) is 22.9. The van der Waals surface area contributed by atoms with E-state index in [1.807, 2.05) is 19.1 Å². The number of hydrogen-bond donors (Lipinski definition) is 2. The highest BCUT2D eigenvalue weighted by Gasteiger charge is 2.22. The van der Waals surface area contributed by atoms with Gasteiger partial charge in [0.2, 0.25) is 0 Å². The number of carbonyl (C=O) groups excluding carboxylic acids is 1. The van der Waals surface area contributed by atoms with Gasteiger partial charge in [-0.2, -0.15) is 0 Å². The Morgan fingerprint density at radius 2 is 2.10 bits per heavy atom. The number of fused-ring (bicyclic) bond motifs is 1. The van der Waals surface area contributed by atoms with Gasteiger partial charge in [-0.15, -0.1) is 0 Å². The lowest BCUT2D eigenvalue weighted by Crippen LogP contribution is -2.40. The van der Waals surface area contributed by atoms with Crippen LogP contribution in [-0.2, 0) is 0 Å². The van der Waals surface area contributed by atoms with Crippen molar-refractivity contribution < 1.29 is 9.21 Å². The molecule has 1 fully saturated rings. The Labute approximate surface area is 117 Å². The number of rotatable bonds is 2. The molecule has 20 heavy (non-hydrogen) atoms. The predicted molar refractivity (Wildman–Crippen MR) is 76.4 cm³/mol. The van der Waals surface area contributed by atoms with Crippen LogP contribution in [-0.4, -0.2) is 23.0 Å². The number of amides is 1. The van der Waals surface area contributed by atoms with E-state index < -0.39 is 0 Å². The number of aromatic nitrogens is 1. The molecular formula is C15H19N3O2. The van der Waals surface area contributed by atoms with E-state index in [4.69, 9.17) is 10.2 Å². The van der Waals surface area contributed by atoms with E-state index in [1.165, 1.54) is 0 Å². The lowest BCUT2D eigenvalue weighted by molar-refractivity contribution is 0.0900. The van der Waals surface area contributed by atoms with Crippen LogP contribution < -0.4 is 11.1 Å². The van der Waals surface area contributed by atoms with Crippen LogP contribution in [0.1, 0.15) is 41.9 Å². The molecule has 2 heterocycles. The largest absolute Gasteiger partial charge is 0.449 e. The number of furan rings is 1. The highest BCUT2D eigenvalue weighted by molar-refractivity contribution is 5.95. The molecule has 0 spiro atoms. The van der Waals surface area contributed by atoms with Crippen molar-refractivity contribution in [3.05, 3.63) is 29.7 Å². The van der Waals surface area contributed by atoms with E-state index in [0.29, 0.717) is 11.3 Å². The van der Waals surface area contributed by atoms with Crippen LogP contribution in [0.15, 0.2) is 22.6 Å². The van der Waals surface area contributed by atoms with Gasteiger partial charge in [0.1, 0.15) is 5.52 Å². The number of pyridine rings is 1. The van der Waals surface area contributed by atoms with Gasteiger partial charge in [0.05, 0.1) is 0 Å². The number of hydrogen-bond acceptors (Lipinski definition) is 4. The Kier molecular flexibility index (Phi) is 3.44. The summed E-state index contributed by atoms with van der Waals surface area (Å²) in [6, 6.07) is 5.89. The quantitative estimate of drug-likeness (QED) is 0.878. The molecule has 5 nitrogen and oxygen atoms in total. The first kappa shape index (κ1) is 13.1. The molecule has 0 radical (unpaired) electrons. The summed E-state index contributed by atoms with van der Waals surface area (Å²) in [5, 5.41) is 3.02. The van der Waals surface area contributed by atoms with Gasteiger partial charge in [-0.1, -0.05) is 0 Å². The van der Waals surface area contributed by atoms with Crippen LogP contribution >= 0.6 is 0 Å². The monoisotopic (exact) mass is 273 g/mol. The summed E-state index contributed by atoms with van der Waals surface area (Å²) in [4.78, 5) is 16.5. The Morgan fingerprint density at radius 3 is 2.85 bits per heavy atom. The van der Waals surface area contributed by atoms with Crippen molar-refractivity contribution in [3.63, 3.8) is 0 Å². The van der Waals surface area contributed by atoms with Crippen LogP contribution in [0.25, 0.3) is 11.1 Å². The maximum Gasteiger partial charge on any atom is 0.287 e. The zero-order valence-electron chi connectivity index (χ0n) is 11.6. The number of nitrogens with two attached hydrogens (primary N) is 1. The minimum absolute atomic E-state index is 0.166. The summed E-state index contributed by atoms with van der Waals surface area (Å²) in [6.45, 7) is 1.91. The number of nitrogens with zero attached hydrogens (tertiary/aromatic N) is 1. The zero-order chi connectivity index (χ0) is 14.1. The highest BCUT2D eigenvalue weighted by atomic mass is 16.3. The molecule has 0 unspecified atom stereocenters. The van der Waals surface area contributed by atoms with Crippen molar-refractivity contribution in [1.29, 1.82) is 0 Å². The van der Waals surface area contributed by atoms with Crippen molar-refractivity contribution >= 4 is 17.0 Å². The van der Waals surface area contributed by atoms with Gasteiger partial charge >= 0.3 is 0 Å². The minimum Gasteiger partial charge on any atom is -0.449 e.